The minimum Gasteiger partial charge on any atom is -0.316 e. The lowest BCUT2D eigenvalue weighted by molar-refractivity contribution is 0.0913. The molecular weight excluding hydrogens is 184 g/mol. The molecule has 2 saturated heterocycles. The molecule has 2 fully saturated rings. The molecule has 1 atom stereocenters. The maximum absolute atomic E-state index is 3.59. The summed E-state index contributed by atoms with van der Waals surface area (Å²) in [5.41, 5.74) is 0.663. The first-order chi connectivity index (χ1) is 7.27. The van der Waals surface area contributed by atoms with Crippen molar-refractivity contribution in [1.29, 1.82) is 0 Å². The summed E-state index contributed by atoms with van der Waals surface area (Å²) in [5, 5.41) is 3.59. The summed E-state index contributed by atoms with van der Waals surface area (Å²) in [4.78, 5) is 2.48. The van der Waals surface area contributed by atoms with E-state index in [4.69, 9.17) is 0 Å². The summed E-state index contributed by atoms with van der Waals surface area (Å²) in [7, 11) is 2.26. The maximum atomic E-state index is 3.59. The van der Waals surface area contributed by atoms with E-state index >= 15 is 0 Å². The molecule has 0 amide bonds. The van der Waals surface area contributed by atoms with Gasteiger partial charge in [0, 0.05) is 6.54 Å². The molecule has 0 spiro atoms. The van der Waals surface area contributed by atoms with Crippen molar-refractivity contribution in [3.63, 3.8) is 0 Å². The highest BCUT2D eigenvalue weighted by molar-refractivity contribution is 4.94. The monoisotopic (exact) mass is 210 g/mol. The number of nitrogens with zero attached hydrogens (tertiary/aromatic N) is 1. The van der Waals surface area contributed by atoms with Gasteiger partial charge in [0.1, 0.15) is 0 Å². The Morgan fingerprint density at radius 3 is 2.60 bits per heavy atom. The van der Waals surface area contributed by atoms with E-state index < -0.39 is 0 Å². The summed E-state index contributed by atoms with van der Waals surface area (Å²) in [6.07, 6.45) is 7.08. The minimum absolute atomic E-state index is 0.663. The van der Waals surface area contributed by atoms with Gasteiger partial charge >= 0.3 is 0 Å². The van der Waals surface area contributed by atoms with Gasteiger partial charge in [-0.25, -0.2) is 0 Å². The van der Waals surface area contributed by atoms with Crippen LogP contribution in [0.4, 0.5) is 0 Å². The molecule has 0 aliphatic carbocycles. The van der Waals surface area contributed by atoms with E-state index in [0.717, 1.165) is 5.92 Å². The third kappa shape index (κ3) is 2.36. The second kappa shape index (κ2) is 4.84. The molecule has 2 aliphatic heterocycles. The van der Waals surface area contributed by atoms with E-state index in [1.165, 1.54) is 58.3 Å². The van der Waals surface area contributed by atoms with Crippen LogP contribution in [0.2, 0.25) is 0 Å². The number of rotatable bonds is 3. The van der Waals surface area contributed by atoms with Gasteiger partial charge in [-0.3, -0.25) is 0 Å². The Kier molecular flexibility index (Phi) is 3.68. The molecule has 2 heteroatoms. The quantitative estimate of drug-likeness (QED) is 0.767. The standard InChI is InChI=1S/C13H26N2/c1-3-6-13(7-8-14-11-13)12-4-9-15(2)10-5-12/h12,14H,3-11H2,1-2H3. The van der Waals surface area contributed by atoms with E-state index in [0.29, 0.717) is 5.41 Å². The molecule has 0 saturated carbocycles. The Morgan fingerprint density at radius 2 is 2.07 bits per heavy atom. The second-order valence-electron chi connectivity index (χ2n) is 5.62. The number of nitrogens with one attached hydrogen (secondary N) is 1. The van der Waals surface area contributed by atoms with Crippen molar-refractivity contribution in [2.45, 2.75) is 39.0 Å². The molecule has 0 bridgehead atoms. The van der Waals surface area contributed by atoms with Crippen molar-refractivity contribution in [1.82, 2.24) is 10.2 Å². The fraction of sp³-hybridized carbons (Fsp3) is 1.00. The van der Waals surface area contributed by atoms with E-state index in [9.17, 15) is 0 Å². The zero-order chi connectivity index (χ0) is 10.7. The topological polar surface area (TPSA) is 15.3 Å². The van der Waals surface area contributed by atoms with Gasteiger partial charge in [-0.15, -0.1) is 0 Å². The Bertz CT molecular complexity index is 189. The predicted molar refractivity (Wildman–Crippen MR) is 65.0 cm³/mol. The fourth-order valence-electron chi connectivity index (χ4n) is 3.65. The van der Waals surface area contributed by atoms with E-state index in [-0.39, 0.29) is 0 Å². The molecule has 1 N–H and O–H groups in total. The lowest BCUT2D eigenvalue weighted by atomic mass is 9.68. The molecule has 2 rings (SSSR count). The largest absolute Gasteiger partial charge is 0.316 e. The molecule has 2 nitrogen and oxygen atoms in total. The Hall–Kier alpha value is -0.0800. The van der Waals surface area contributed by atoms with Crippen LogP contribution in [0, 0.1) is 11.3 Å². The zero-order valence-electron chi connectivity index (χ0n) is 10.4. The summed E-state index contributed by atoms with van der Waals surface area (Å²) in [6, 6.07) is 0. The van der Waals surface area contributed by atoms with E-state index in [1.807, 2.05) is 0 Å². The number of piperidine rings is 1. The summed E-state index contributed by atoms with van der Waals surface area (Å²) in [6.45, 7) is 7.52. The van der Waals surface area contributed by atoms with Crippen molar-refractivity contribution in [2.75, 3.05) is 33.2 Å². The summed E-state index contributed by atoms with van der Waals surface area (Å²) < 4.78 is 0. The van der Waals surface area contributed by atoms with Crippen LogP contribution in [0.5, 0.6) is 0 Å². The van der Waals surface area contributed by atoms with Gasteiger partial charge in [0.15, 0.2) is 0 Å². The fourth-order valence-corrected chi connectivity index (χ4v) is 3.65. The molecule has 0 radical (unpaired) electrons. The highest BCUT2D eigenvalue weighted by Crippen LogP contribution is 2.43. The Labute approximate surface area is 94.4 Å². The van der Waals surface area contributed by atoms with Crippen molar-refractivity contribution in [3.8, 4) is 0 Å². The molecule has 88 valence electrons. The zero-order valence-corrected chi connectivity index (χ0v) is 10.4. The number of likely N-dealkylation sites (tertiary alicyclic amines) is 1. The molecule has 2 aliphatic rings. The van der Waals surface area contributed by atoms with Crippen molar-refractivity contribution in [3.05, 3.63) is 0 Å². The van der Waals surface area contributed by atoms with Gasteiger partial charge in [0.25, 0.3) is 0 Å². The van der Waals surface area contributed by atoms with Crippen molar-refractivity contribution >= 4 is 0 Å². The smallest absolute Gasteiger partial charge is 0.00110 e. The van der Waals surface area contributed by atoms with Crippen molar-refractivity contribution < 1.29 is 0 Å². The Morgan fingerprint density at radius 1 is 1.33 bits per heavy atom. The first-order valence-electron chi connectivity index (χ1n) is 6.66. The van der Waals surface area contributed by atoms with Gasteiger partial charge in [-0.1, -0.05) is 13.3 Å². The minimum atomic E-state index is 0.663. The average Bonchev–Trinajstić information content (AvgIpc) is 2.69. The number of hydrogen-bond donors (Lipinski definition) is 1. The van der Waals surface area contributed by atoms with Crippen LogP contribution in [0.1, 0.15) is 39.0 Å². The first-order valence-corrected chi connectivity index (χ1v) is 6.66. The van der Waals surface area contributed by atoms with Crippen LogP contribution < -0.4 is 5.32 Å². The van der Waals surface area contributed by atoms with Crippen LogP contribution in [0.3, 0.4) is 0 Å². The maximum Gasteiger partial charge on any atom is 0.00110 e. The lowest BCUT2D eigenvalue weighted by Crippen LogP contribution is -2.40. The van der Waals surface area contributed by atoms with E-state index in [1.54, 1.807) is 0 Å². The SMILES string of the molecule is CCCC1(C2CCN(C)CC2)CCNC1. The van der Waals surface area contributed by atoms with Gasteiger partial charge < -0.3 is 10.2 Å². The van der Waals surface area contributed by atoms with Crippen LogP contribution in [0.25, 0.3) is 0 Å². The van der Waals surface area contributed by atoms with Gasteiger partial charge in [-0.05, 0) is 63.7 Å². The average molecular weight is 210 g/mol. The van der Waals surface area contributed by atoms with Crippen LogP contribution in [0.15, 0.2) is 0 Å². The highest BCUT2D eigenvalue weighted by atomic mass is 15.1. The molecule has 0 aromatic rings. The molecule has 0 aromatic heterocycles. The molecule has 0 aromatic carbocycles. The summed E-state index contributed by atoms with van der Waals surface area (Å²) in [5.74, 6) is 0.989. The van der Waals surface area contributed by atoms with Crippen LogP contribution >= 0.6 is 0 Å². The predicted octanol–water partition coefficient (Wildman–Crippen LogP) is 2.11. The molecule has 15 heavy (non-hydrogen) atoms. The molecule has 1 unspecified atom stereocenters. The number of hydrogen-bond acceptors (Lipinski definition) is 2. The Balaban J connectivity index is 1.98. The van der Waals surface area contributed by atoms with Gasteiger partial charge in [0.2, 0.25) is 0 Å². The van der Waals surface area contributed by atoms with Crippen molar-refractivity contribution in [2.24, 2.45) is 11.3 Å². The molecular formula is C13H26N2. The van der Waals surface area contributed by atoms with Gasteiger partial charge in [-0.2, -0.15) is 0 Å². The summed E-state index contributed by atoms with van der Waals surface area (Å²) >= 11 is 0. The van der Waals surface area contributed by atoms with E-state index in [2.05, 4.69) is 24.2 Å². The third-order valence-electron chi connectivity index (χ3n) is 4.61. The second-order valence-corrected chi connectivity index (χ2v) is 5.62. The third-order valence-corrected chi connectivity index (χ3v) is 4.61. The van der Waals surface area contributed by atoms with Crippen LogP contribution in [-0.2, 0) is 0 Å². The highest BCUT2D eigenvalue weighted by Gasteiger charge is 2.40. The first kappa shape index (κ1) is 11.4. The molecule has 2 heterocycles. The normalized spacial score (nSPS) is 34.8. The van der Waals surface area contributed by atoms with Crippen LogP contribution in [-0.4, -0.2) is 38.1 Å². The lowest BCUT2D eigenvalue weighted by Gasteiger charge is -2.41. The van der Waals surface area contributed by atoms with Gasteiger partial charge in [0.05, 0.1) is 0 Å².